The van der Waals surface area contributed by atoms with Gasteiger partial charge in [-0.3, -0.25) is 4.79 Å². The molecule has 2 heterocycles. The van der Waals surface area contributed by atoms with Crippen molar-refractivity contribution < 1.29 is 9.32 Å². The van der Waals surface area contributed by atoms with Gasteiger partial charge < -0.3 is 15.2 Å². The summed E-state index contributed by atoms with van der Waals surface area (Å²) in [7, 11) is 0. The van der Waals surface area contributed by atoms with Gasteiger partial charge in [0.1, 0.15) is 5.82 Å². The normalized spacial score (nSPS) is 10.3. The minimum atomic E-state index is -0.223. The molecular formula is C13H17N5O2. The van der Waals surface area contributed by atoms with Crippen LogP contribution in [0.15, 0.2) is 22.9 Å². The monoisotopic (exact) mass is 275 g/mol. The molecule has 0 aromatic carbocycles. The molecule has 0 saturated heterocycles. The lowest BCUT2D eigenvalue weighted by molar-refractivity contribution is 0.0950. The molecule has 7 nitrogen and oxygen atoms in total. The Labute approximate surface area is 116 Å². The Balaban J connectivity index is 2.01. The van der Waals surface area contributed by atoms with Gasteiger partial charge in [-0.1, -0.05) is 12.1 Å². The van der Waals surface area contributed by atoms with E-state index in [2.05, 4.69) is 25.8 Å². The largest absolute Gasteiger partial charge is 0.369 e. The molecular weight excluding hydrogens is 258 g/mol. The summed E-state index contributed by atoms with van der Waals surface area (Å²) < 4.78 is 4.84. The first kappa shape index (κ1) is 14.0. The smallest absolute Gasteiger partial charge is 0.255 e. The van der Waals surface area contributed by atoms with Crippen LogP contribution in [-0.4, -0.2) is 27.6 Å². The van der Waals surface area contributed by atoms with Gasteiger partial charge in [0.2, 0.25) is 5.89 Å². The summed E-state index contributed by atoms with van der Waals surface area (Å²) >= 11 is 0. The molecule has 0 aliphatic heterocycles. The van der Waals surface area contributed by atoms with Crippen molar-refractivity contribution in [3.63, 3.8) is 0 Å². The Bertz CT molecular complexity index is 582. The molecule has 106 valence electrons. The Hall–Kier alpha value is -2.44. The number of aryl methyl sites for hydroxylation is 1. The van der Waals surface area contributed by atoms with E-state index in [4.69, 9.17) is 4.52 Å². The van der Waals surface area contributed by atoms with Crippen molar-refractivity contribution in [2.45, 2.75) is 26.8 Å². The van der Waals surface area contributed by atoms with Crippen LogP contribution < -0.4 is 10.6 Å². The zero-order valence-electron chi connectivity index (χ0n) is 11.5. The number of nitrogens with zero attached hydrogens (tertiary/aromatic N) is 3. The molecule has 0 atom stereocenters. The number of hydrogen-bond acceptors (Lipinski definition) is 6. The number of amides is 1. The Morgan fingerprint density at radius 3 is 3.00 bits per heavy atom. The maximum Gasteiger partial charge on any atom is 0.255 e. The van der Waals surface area contributed by atoms with Crippen molar-refractivity contribution in [2.24, 2.45) is 0 Å². The van der Waals surface area contributed by atoms with Gasteiger partial charge >= 0.3 is 0 Å². The standard InChI is InChI=1S/C13H17N5O2/c1-3-6-14-12-10(5-4-7-15-12)13(19)16-8-11-17-9(2)20-18-11/h4-5,7H,3,6,8H2,1-2H3,(H,14,15)(H,16,19). The minimum absolute atomic E-state index is 0.221. The van der Waals surface area contributed by atoms with E-state index in [-0.39, 0.29) is 12.5 Å². The molecule has 0 aliphatic carbocycles. The molecule has 0 fully saturated rings. The van der Waals surface area contributed by atoms with Crippen molar-refractivity contribution in [3.05, 3.63) is 35.6 Å². The summed E-state index contributed by atoms with van der Waals surface area (Å²) in [5.41, 5.74) is 0.501. The number of hydrogen-bond donors (Lipinski definition) is 2. The zero-order valence-corrected chi connectivity index (χ0v) is 11.5. The van der Waals surface area contributed by atoms with Crippen LogP contribution in [0, 0.1) is 6.92 Å². The first-order chi connectivity index (χ1) is 9.70. The SMILES string of the molecule is CCCNc1ncccc1C(=O)NCc1noc(C)n1. The summed E-state index contributed by atoms with van der Waals surface area (Å²) in [6.07, 6.45) is 2.61. The number of aromatic nitrogens is 3. The summed E-state index contributed by atoms with van der Waals surface area (Å²) in [5, 5.41) is 9.59. The molecule has 0 aliphatic rings. The molecule has 2 N–H and O–H groups in total. The van der Waals surface area contributed by atoms with E-state index >= 15 is 0 Å². The van der Waals surface area contributed by atoms with Gasteiger partial charge in [0.25, 0.3) is 5.91 Å². The number of pyridine rings is 1. The van der Waals surface area contributed by atoms with Crippen LogP contribution in [0.5, 0.6) is 0 Å². The fourth-order valence-electron chi connectivity index (χ4n) is 1.64. The van der Waals surface area contributed by atoms with Crippen LogP contribution in [0.4, 0.5) is 5.82 Å². The van der Waals surface area contributed by atoms with Gasteiger partial charge in [-0.05, 0) is 18.6 Å². The summed E-state index contributed by atoms with van der Waals surface area (Å²) in [5.74, 6) is 1.28. The molecule has 0 bridgehead atoms. The van der Waals surface area contributed by atoms with Crippen molar-refractivity contribution in [2.75, 3.05) is 11.9 Å². The van der Waals surface area contributed by atoms with E-state index in [9.17, 15) is 4.79 Å². The van der Waals surface area contributed by atoms with Crippen LogP contribution in [0.2, 0.25) is 0 Å². The molecule has 20 heavy (non-hydrogen) atoms. The number of anilines is 1. The first-order valence-electron chi connectivity index (χ1n) is 6.47. The van der Waals surface area contributed by atoms with Crippen molar-refractivity contribution in [1.29, 1.82) is 0 Å². The highest BCUT2D eigenvalue weighted by Gasteiger charge is 2.12. The van der Waals surface area contributed by atoms with E-state index in [0.29, 0.717) is 23.1 Å². The Morgan fingerprint density at radius 1 is 1.45 bits per heavy atom. The second-order valence-electron chi connectivity index (χ2n) is 4.24. The van der Waals surface area contributed by atoms with Crippen LogP contribution in [-0.2, 0) is 6.54 Å². The lowest BCUT2D eigenvalue weighted by atomic mass is 10.2. The molecule has 0 radical (unpaired) electrons. The second-order valence-corrected chi connectivity index (χ2v) is 4.24. The lowest BCUT2D eigenvalue weighted by Crippen LogP contribution is -2.25. The highest BCUT2D eigenvalue weighted by molar-refractivity contribution is 5.98. The molecule has 2 rings (SSSR count). The highest BCUT2D eigenvalue weighted by Crippen LogP contribution is 2.11. The Kier molecular flexibility index (Phi) is 4.65. The maximum absolute atomic E-state index is 12.1. The van der Waals surface area contributed by atoms with Gasteiger partial charge in [-0.15, -0.1) is 0 Å². The van der Waals surface area contributed by atoms with Crippen molar-refractivity contribution in [3.8, 4) is 0 Å². The van der Waals surface area contributed by atoms with Crippen molar-refractivity contribution in [1.82, 2.24) is 20.4 Å². The van der Waals surface area contributed by atoms with Crippen LogP contribution in [0.25, 0.3) is 0 Å². The average Bonchev–Trinajstić information content (AvgIpc) is 2.88. The zero-order chi connectivity index (χ0) is 14.4. The van der Waals surface area contributed by atoms with E-state index in [1.165, 1.54) is 0 Å². The van der Waals surface area contributed by atoms with Crippen LogP contribution in [0.3, 0.4) is 0 Å². The molecule has 1 amide bonds. The third-order valence-electron chi connectivity index (χ3n) is 2.57. The number of carbonyl (C=O) groups is 1. The van der Waals surface area contributed by atoms with Gasteiger partial charge in [0.15, 0.2) is 5.82 Å². The van der Waals surface area contributed by atoms with E-state index in [0.717, 1.165) is 13.0 Å². The van der Waals surface area contributed by atoms with Gasteiger partial charge in [0, 0.05) is 19.7 Å². The fourth-order valence-corrected chi connectivity index (χ4v) is 1.64. The number of rotatable bonds is 6. The van der Waals surface area contributed by atoms with E-state index < -0.39 is 0 Å². The number of carbonyl (C=O) groups excluding carboxylic acids is 1. The topological polar surface area (TPSA) is 92.9 Å². The Morgan fingerprint density at radius 2 is 2.30 bits per heavy atom. The second kappa shape index (κ2) is 6.65. The average molecular weight is 275 g/mol. The van der Waals surface area contributed by atoms with Crippen LogP contribution >= 0.6 is 0 Å². The quantitative estimate of drug-likeness (QED) is 0.830. The third-order valence-corrected chi connectivity index (χ3v) is 2.57. The summed E-state index contributed by atoms with van der Waals surface area (Å²) in [6, 6.07) is 3.45. The highest BCUT2D eigenvalue weighted by atomic mass is 16.5. The van der Waals surface area contributed by atoms with Gasteiger partial charge in [-0.25, -0.2) is 4.98 Å². The molecule has 7 heteroatoms. The van der Waals surface area contributed by atoms with Gasteiger partial charge in [-0.2, -0.15) is 4.98 Å². The molecule has 0 saturated carbocycles. The van der Waals surface area contributed by atoms with Gasteiger partial charge in [0.05, 0.1) is 12.1 Å². The predicted octanol–water partition coefficient (Wildman–Crippen LogP) is 1.52. The van der Waals surface area contributed by atoms with E-state index in [1.54, 1.807) is 25.3 Å². The first-order valence-corrected chi connectivity index (χ1v) is 6.47. The lowest BCUT2D eigenvalue weighted by Gasteiger charge is -2.09. The minimum Gasteiger partial charge on any atom is -0.369 e. The van der Waals surface area contributed by atoms with E-state index in [1.807, 2.05) is 6.92 Å². The molecule has 0 unspecified atom stereocenters. The molecule has 0 spiro atoms. The van der Waals surface area contributed by atoms with Crippen LogP contribution in [0.1, 0.15) is 35.4 Å². The summed E-state index contributed by atoms with van der Waals surface area (Å²) in [6.45, 7) is 4.74. The number of nitrogens with one attached hydrogen (secondary N) is 2. The van der Waals surface area contributed by atoms with Crippen molar-refractivity contribution >= 4 is 11.7 Å². The molecule has 2 aromatic rings. The molecule has 2 aromatic heterocycles. The predicted molar refractivity (Wildman–Crippen MR) is 73.2 cm³/mol. The third kappa shape index (κ3) is 3.53. The maximum atomic E-state index is 12.1. The fraction of sp³-hybridized carbons (Fsp3) is 0.385. The summed E-state index contributed by atoms with van der Waals surface area (Å²) in [4.78, 5) is 20.3.